The summed E-state index contributed by atoms with van der Waals surface area (Å²) in [5, 5.41) is 8.26. The van der Waals surface area contributed by atoms with E-state index in [1.54, 1.807) is 18.2 Å². The Balaban J connectivity index is 1.50. The molecule has 1 atom stereocenters. The van der Waals surface area contributed by atoms with Gasteiger partial charge in [0.25, 0.3) is 0 Å². The highest BCUT2D eigenvalue weighted by molar-refractivity contribution is 7.89. The molecule has 0 amide bonds. The highest BCUT2D eigenvalue weighted by atomic mass is 32.2. The number of halogens is 1. The Morgan fingerprint density at radius 2 is 1.90 bits per heavy atom. The molecule has 1 aliphatic heterocycles. The van der Waals surface area contributed by atoms with Crippen molar-refractivity contribution in [2.45, 2.75) is 43.9 Å². The number of hydrogen-bond acceptors (Lipinski definition) is 5. The van der Waals surface area contributed by atoms with E-state index in [4.69, 9.17) is 4.42 Å². The van der Waals surface area contributed by atoms with Crippen LogP contribution in [0.3, 0.4) is 0 Å². The number of piperidine rings is 1. The van der Waals surface area contributed by atoms with Crippen molar-refractivity contribution in [2.75, 3.05) is 13.1 Å². The van der Waals surface area contributed by atoms with Gasteiger partial charge in [-0.2, -0.15) is 4.31 Å². The molecule has 158 valence electrons. The summed E-state index contributed by atoms with van der Waals surface area (Å²) in [5.74, 6) is 0.449. The number of aryl methyl sites for hydroxylation is 2. The van der Waals surface area contributed by atoms with E-state index in [9.17, 15) is 12.8 Å². The second-order valence-corrected chi connectivity index (χ2v) is 9.71. The van der Waals surface area contributed by atoms with Gasteiger partial charge in [-0.1, -0.05) is 29.8 Å². The summed E-state index contributed by atoms with van der Waals surface area (Å²) in [6, 6.07) is 11.5. The lowest BCUT2D eigenvalue weighted by Crippen LogP contribution is -2.39. The van der Waals surface area contributed by atoms with Crippen LogP contribution >= 0.6 is 0 Å². The minimum atomic E-state index is -3.59. The summed E-state index contributed by atoms with van der Waals surface area (Å²) in [7, 11) is -3.59. The fraction of sp³-hybridized carbons (Fsp3) is 0.364. The molecule has 2 heterocycles. The van der Waals surface area contributed by atoms with E-state index < -0.39 is 10.0 Å². The fourth-order valence-corrected chi connectivity index (χ4v) is 5.60. The quantitative estimate of drug-likeness (QED) is 0.613. The standard InChI is InChI=1S/C22H24FN3O3S/c1-15-5-10-20(16(2)12-15)30(27,28)26-11-3-4-18(14-26)22-25-24-21(29-22)13-17-6-8-19(23)9-7-17/h5-10,12,18H,3-4,11,13-14H2,1-2H3. The molecule has 0 aliphatic carbocycles. The van der Waals surface area contributed by atoms with Gasteiger partial charge in [-0.25, -0.2) is 12.8 Å². The van der Waals surface area contributed by atoms with Gasteiger partial charge in [-0.3, -0.25) is 0 Å². The molecule has 0 bridgehead atoms. The van der Waals surface area contributed by atoms with E-state index in [2.05, 4.69) is 10.2 Å². The highest BCUT2D eigenvalue weighted by Gasteiger charge is 2.34. The van der Waals surface area contributed by atoms with Gasteiger partial charge in [0.05, 0.1) is 17.2 Å². The SMILES string of the molecule is Cc1ccc(S(=O)(=O)N2CCCC(c3nnc(Cc4ccc(F)cc4)o3)C2)c(C)c1. The molecule has 8 heteroatoms. The molecule has 1 saturated heterocycles. The molecular weight excluding hydrogens is 405 g/mol. The van der Waals surface area contributed by atoms with Crippen molar-refractivity contribution < 1.29 is 17.2 Å². The lowest BCUT2D eigenvalue weighted by molar-refractivity contribution is 0.281. The molecule has 1 fully saturated rings. The topological polar surface area (TPSA) is 76.3 Å². The first kappa shape index (κ1) is 20.7. The average Bonchev–Trinajstić information content (AvgIpc) is 3.18. The second kappa shape index (κ2) is 8.28. The van der Waals surface area contributed by atoms with Crippen molar-refractivity contribution in [3.63, 3.8) is 0 Å². The molecular formula is C22H24FN3O3S. The molecule has 2 aromatic carbocycles. The molecule has 0 saturated carbocycles. The van der Waals surface area contributed by atoms with Gasteiger partial charge >= 0.3 is 0 Å². The zero-order valence-corrected chi connectivity index (χ0v) is 17.8. The normalized spacial score (nSPS) is 17.9. The van der Waals surface area contributed by atoms with Crippen LogP contribution < -0.4 is 0 Å². The molecule has 6 nitrogen and oxygen atoms in total. The van der Waals surface area contributed by atoms with E-state index in [-0.39, 0.29) is 11.7 Å². The first-order valence-corrected chi connectivity index (χ1v) is 11.4. The molecule has 30 heavy (non-hydrogen) atoms. The first-order chi connectivity index (χ1) is 14.3. The van der Waals surface area contributed by atoms with Gasteiger partial charge in [-0.15, -0.1) is 10.2 Å². The number of benzene rings is 2. The van der Waals surface area contributed by atoms with Crippen LogP contribution in [0.1, 0.15) is 47.2 Å². The van der Waals surface area contributed by atoms with Crippen molar-refractivity contribution in [3.05, 3.63) is 76.8 Å². The Labute approximate surface area is 175 Å². The summed E-state index contributed by atoms with van der Waals surface area (Å²) in [6.45, 7) is 4.55. The molecule has 1 aromatic heterocycles. The third kappa shape index (κ3) is 4.29. The van der Waals surface area contributed by atoms with E-state index in [1.807, 2.05) is 26.0 Å². The van der Waals surface area contributed by atoms with Crippen LogP contribution in [0.15, 0.2) is 51.8 Å². The second-order valence-electron chi connectivity index (χ2n) is 7.81. The summed E-state index contributed by atoms with van der Waals surface area (Å²) in [5.41, 5.74) is 2.65. The van der Waals surface area contributed by atoms with Gasteiger partial charge < -0.3 is 4.42 Å². The number of sulfonamides is 1. The van der Waals surface area contributed by atoms with Crippen molar-refractivity contribution in [3.8, 4) is 0 Å². The zero-order chi connectivity index (χ0) is 21.3. The minimum Gasteiger partial charge on any atom is -0.425 e. The number of aromatic nitrogens is 2. The van der Waals surface area contributed by atoms with Crippen LogP contribution in [0.4, 0.5) is 4.39 Å². The van der Waals surface area contributed by atoms with Crippen molar-refractivity contribution in [1.82, 2.24) is 14.5 Å². The summed E-state index contributed by atoms with van der Waals surface area (Å²) < 4.78 is 46.8. The van der Waals surface area contributed by atoms with Gasteiger partial charge in [0, 0.05) is 13.1 Å². The number of nitrogens with zero attached hydrogens (tertiary/aromatic N) is 3. The lowest BCUT2D eigenvalue weighted by Gasteiger charge is -2.30. The summed E-state index contributed by atoms with van der Waals surface area (Å²) >= 11 is 0. The monoisotopic (exact) mass is 429 g/mol. The minimum absolute atomic E-state index is 0.145. The zero-order valence-electron chi connectivity index (χ0n) is 17.0. The van der Waals surface area contributed by atoms with Crippen molar-refractivity contribution >= 4 is 10.0 Å². The van der Waals surface area contributed by atoms with Crippen molar-refractivity contribution in [2.24, 2.45) is 0 Å². The highest BCUT2D eigenvalue weighted by Crippen LogP contribution is 2.31. The van der Waals surface area contributed by atoms with Crippen molar-refractivity contribution in [1.29, 1.82) is 0 Å². The number of rotatable bonds is 5. The third-order valence-corrected chi connectivity index (χ3v) is 7.46. The van der Waals surface area contributed by atoms with Gasteiger partial charge in [0.15, 0.2) is 0 Å². The Morgan fingerprint density at radius 3 is 2.63 bits per heavy atom. The molecule has 0 radical (unpaired) electrons. The fourth-order valence-electron chi connectivity index (χ4n) is 3.87. The first-order valence-electron chi connectivity index (χ1n) is 9.97. The smallest absolute Gasteiger partial charge is 0.243 e. The largest absolute Gasteiger partial charge is 0.425 e. The maximum Gasteiger partial charge on any atom is 0.243 e. The molecule has 0 spiro atoms. The van der Waals surface area contributed by atoms with Gasteiger partial charge in [0.2, 0.25) is 21.8 Å². The molecule has 0 N–H and O–H groups in total. The van der Waals surface area contributed by atoms with E-state index in [0.29, 0.717) is 36.2 Å². The van der Waals surface area contributed by atoms with Gasteiger partial charge in [-0.05, 0) is 56.0 Å². The third-order valence-electron chi connectivity index (χ3n) is 5.43. The lowest BCUT2D eigenvalue weighted by atomic mass is 10.00. The maximum absolute atomic E-state index is 13.2. The van der Waals surface area contributed by atoms with Crippen LogP contribution in [-0.4, -0.2) is 36.0 Å². The Morgan fingerprint density at radius 1 is 1.13 bits per heavy atom. The van der Waals surface area contributed by atoms with Crippen LogP contribution in [-0.2, 0) is 16.4 Å². The van der Waals surface area contributed by atoms with Crippen LogP contribution in [0.5, 0.6) is 0 Å². The van der Waals surface area contributed by atoms with Gasteiger partial charge in [0.1, 0.15) is 5.82 Å². The van der Waals surface area contributed by atoms with E-state index in [0.717, 1.165) is 29.5 Å². The Bertz CT molecular complexity index is 1140. The predicted octanol–water partition coefficient (Wildman–Crippen LogP) is 3.98. The maximum atomic E-state index is 13.2. The average molecular weight is 430 g/mol. The predicted molar refractivity (Wildman–Crippen MR) is 110 cm³/mol. The van der Waals surface area contributed by atoms with E-state index >= 15 is 0 Å². The number of hydrogen-bond donors (Lipinski definition) is 0. The summed E-state index contributed by atoms with van der Waals surface area (Å²) in [6.07, 6.45) is 1.92. The molecule has 1 unspecified atom stereocenters. The summed E-state index contributed by atoms with van der Waals surface area (Å²) in [4.78, 5) is 0.344. The van der Waals surface area contributed by atoms with E-state index in [1.165, 1.54) is 16.4 Å². The molecule has 3 aromatic rings. The van der Waals surface area contributed by atoms with Crippen LogP contribution in [0, 0.1) is 19.7 Å². The molecule has 4 rings (SSSR count). The van der Waals surface area contributed by atoms with Crippen LogP contribution in [0.25, 0.3) is 0 Å². The molecule has 1 aliphatic rings. The Hall–Kier alpha value is -2.58. The van der Waals surface area contributed by atoms with Crippen LogP contribution in [0.2, 0.25) is 0 Å². The Kier molecular flexibility index (Phi) is 5.71.